The molecule has 0 spiro atoms. The first-order chi connectivity index (χ1) is 15.5. The Balaban J connectivity index is 1.37. The zero-order valence-corrected chi connectivity index (χ0v) is 17.2. The minimum absolute atomic E-state index is 0.0787. The van der Waals surface area contributed by atoms with Crippen molar-refractivity contribution in [2.24, 2.45) is 7.05 Å². The van der Waals surface area contributed by atoms with Crippen molar-refractivity contribution in [3.05, 3.63) is 71.7 Å². The molecule has 10 heteroatoms. The van der Waals surface area contributed by atoms with Crippen LogP contribution in [0.2, 0.25) is 0 Å². The molecule has 1 aliphatic rings. The molecule has 4 heterocycles. The summed E-state index contributed by atoms with van der Waals surface area (Å²) in [6, 6.07) is 9.21. The van der Waals surface area contributed by atoms with Gasteiger partial charge in [0.2, 0.25) is 5.95 Å². The van der Waals surface area contributed by atoms with Crippen molar-refractivity contribution in [3.63, 3.8) is 0 Å². The SMILES string of the molecule is Cn1c(C(=O)O)cc2c1CN(c1ncc(F)c(Nc3ccc(-c4cn[nH]c4)cc3)n1)CC2. The highest BCUT2D eigenvalue weighted by molar-refractivity contribution is 5.86. The van der Waals surface area contributed by atoms with Crippen molar-refractivity contribution in [1.29, 1.82) is 0 Å². The molecule has 1 aromatic carbocycles. The molecular weight excluding hydrogens is 413 g/mol. The summed E-state index contributed by atoms with van der Waals surface area (Å²) in [7, 11) is 1.73. The van der Waals surface area contributed by atoms with E-state index < -0.39 is 11.8 Å². The number of halogens is 1. The Kier molecular flexibility index (Phi) is 4.81. The van der Waals surface area contributed by atoms with Crippen molar-refractivity contribution in [1.82, 2.24) is 24.7 Å². The Morgan fingerprint density at radius 3 is 2.75 bits per heavy atom. The van der Waals surface area contributed by atoms with Gasteiger partial charge >= 0.3 is 5.97 Å². The van der Waals surface area contributed by atoms with Gasteiger partial charge < -0.3 is 19.9 Å². The Morgan fingerprint density at radius 1 is 1.22 bits per heavy atom. The summed E-state index contributed by atoms with van der Waals surface area (Å²) in [6.45, 7) is 1.06. The number of carboxylic acids is 1. The second-order valence-corrected chi connectivity index (χ2v) is 7.59. The molecule has 0 aliphatic carbocycles. The summed E-state index contributed by atoms with van der Waals surface area (Å²) in [5.74, 6) is -1.06. The van der Waals surface area contributed by atoms with Crippen LogP contribution < -0.4 is 10.2 Å². The number of H-pyrrole nitrogens is 1. The first-order valence-corrected chi connectivity index (χ1v) is 10.0. The van der Waals surface area contributed by atoms with Crippen molar-refractivity contribution < 1.29 is 14.3 Å². The highest BCUT2D eigenvalue weighted by Crippen LogP contribution is 2.27. The molecule has 0 unspecified atom stereocenters. The fraction of sp³-hybridized carbons (Fsp3) is 0.182. The monoisotopic (exact) mass is 433 g/mol. The molecule has 9 nitrogen and oxygen atoms in total. The highest BCUT2D eigenvalue weighted by atomic mass is 19.1. The van der Waals surface area contributed by atoms with E-state index in [0.29, 0.717) is 31.1 Å². The molecule has 162 valence electrons. The fourth-order valence-corrected chi connectivity index (χ4v) is 3.91. The van der Waals surface area contributed by atoms with Gasteiger partial charge in [0.25, 0.3) is 0 Å². The quantitative estimate of drug-likeness (QED) is 0.442. The number of aromatic carboxylic acids is 1. The van der Waals surface area contributed by atoms with E-state index in [4.69, 9.17) is 0 Å². The predicted molar refractivity (Wildman–Crippen MR) is 116 cm³/mol. The van der Waals surface area contributed by atoms with E-state index in [1.165, 1.54) is 0 Å². The van der Waals surface area contributed by atoms with Crippen molar-refractivity contribution >= 4 is 23.4 Å². The van der Waals surface area contributed by atoms with E-state index in [1.54, 1.807) is 30.1 Å². The van der Waals surface area contributed by atoms with Crippen molar-refractivity contribution in [3.8, 4) is 11.1 Å². The molecule has 4 aromatic rings. The van der Waals surface area contributed by atoms with Gasteiger partial charge in [0.15, 0.2) is 11.6 Å². The maximum absolute atomic E-state index is 14.4. The number of carboxylic acid groups (broad SMARTS) is 1. The van der Waals surface area contributed by atoms with E-state index in [1.807, 2.05) is 29.2 Å². The number of aromatic amines is 1. The van der Waals surface area contributed by atoms with Crippen LogP contribution in [0.1, 0.15) is 21.7 Å². The first-order valence-electron chi connectivity index (χ1n) is 10.0. The van der Waals surface area contributed by atoms with Crippen LogP contribution in [-0.4, -0.2) is 42.4 Å². The summed E-state index contributed by atoms with van der Waals surface area (Å²) in [5, 5.41) is 19.1. The number of nitrogens with one attached hydrogen (secondary N) is 2. The largest absolute Gasteiger partial charge is 0.477 e. The predicted octanol–water partition coefficient (Wildman–Crippen LogP) is 3.35. The number of hydrogen-bond acceptors (Lipinski definition) is 6. The highest BCUT2D eigenvalue weighted by Gasteiger charge is 2.25. The van der Waals surface area contributed by atoms with Crippen LogP contribution in [0.15, 0.2) is 48.9 Å². The number of aromatic nitrogens is 5. The van der Waals surface area contributed by atoms with E-state index in [2.05, 4.69) is 25.5 Å². The van der Waals surface area contributed by atoms with Gasteiger partial charge in [-0.2, -0.15) is 10.1 Å². The second-order valence-electron chi connectivity index (χ2n) is 7.59. The Morgan fingerprint density at radius 2 is 2.03 bits per heavy atom. The lowest BCUT2D eigenvalue weighted by molar-refractivity contribution is 0.0686. The maximum Gasteiger partial charge on any atom is 0.352 e. The van der Waals surface area contributed by atoms with Gasteiger partial charge in [-0.1, -0.05) is 12.1 Å². The van der Waals surface area contributed by atoms with Crippen LogP contribution in [0.25, 0.3) is 11.1 Å². The summed E-state index contributed by atoms with van der Waals surface area (Å²) < 4.78 is 16.1. The average Bonchev–Trinajstić information content (AvgIpc) is 3.44. The van der Waals surface area contributed by atoms with Crippen molar-refractivity contribution in [2.45, 2.75) is 13.0 Å². The number of hydrogen-bond donors (Lipinski definition) is 3. The van der Waals surface area contributed by atoms with Crippen LogP contribution in [0.3, 0.4) is 0 Å². The molecule has 0 atom stereocenters. The van der Waals surface area contributed by atoms with Crippen LogP contribution >= 0.6 is 0 Å². The first kappa shape index (κ1) is 19.7. The normalized spacial score (nSPS) is 13.1. The number of rotatable bonds is 5. The fourth-order valence-electron chi connectivity index (χ4n) is 3.91. The molecule has 0 radical (unpaired) electrons. The molecule has 0 amide bonds. The van der Waals surface area contributed by atoms with Gasteiger partial charge in [-0.25, -0.2) is 14.2 Å². The van der Waals surface area contributed by atoms with Crippen LogP contribution in [0.4, 0.5) is 21.8 Å². The zero-order valence-electron chi connectivity index (χ0n) is 17.2. The molecule has 0 saturated heterocycles. The smallest absolute Gasteiger partial charge is 0.352 e. The molecule has 0 saturated carbocycles. The van der Waals surface area contributed by atoms with Crippen LogP contribution in [0, 0.1) is 5.82 Å². The number of fused-ring (bicyclic) bond motifs is 1. The average molecular weight is 433 g/mol. The van der Waals surface area contributed by atoms with E-state index in [-0.39, 0.29) is 11.5 Å². The van der Waals surface area contributed by atoms with E-state index >= 15 is 0 Å². The lowest BCUT2D eigenvalue weighted by Gasteiger charge is -2.28. The minimum atomic E-state index is -0.961. The Bertz CT molecular complexity index is 1280. The minimum Gasteiger partial charge on any atom is -0.477 e. The van der Waals surface area contributed by atoms with E-state index in [0.717, 1.165) is 28.6 Å². The third-order valence-corrected chi connectivity index (χ3v) is 5.65. The zero-order chi connectivity index (χ0) is 22.2. The Hall–Kier alpha value is -4.21. The molecular formula is C22H20FN7O2. The number of anilines is 3. The van der Waals surface area contributed by atoms with Crippen LogP contribution in [-0.2, 0) is 20.0 Å². The number of carbonyl (C=O) groups is 1. The van der Waals surface area contributed by atoms with Gasteiger partial charge in [0, 0.05) is 36.7 Å². The van der Waals surface area contributed by atoms with Gasteiger partial charge in [-0.15, -0.1) is 0 Å². The Labute approximate surface area is 182 Å². The molecule has 1 aliphatic heterocycles. The molecule has 0 bridgehead atoms. The van der Waals surface area contributed by atoms with Crippen molar-refractivity contribution in [2.75, 3.05) is 16.8 Å². The lowest BCUT2D eigenvalue weighted by atomic mass is 10.1. The standard InChI is InChI=1S/C22H20FN7O2/c1-29-18(21(31)32)8-14-6-7-30(12-19(14)29)22-24-11-17(23)20(28-22)27-16-4-2-13(3-5-16)15-9-25-26-10-15/h2-5,8-11H,6-7,12H2,1H3,(H,25,26)(H,31,32)(H,24,27,28). The number of benzene rings is 1. The summed E-state index contributed by atoms with van der Waals surface area (Å²) >= 11 is 0. The van der Waals surface area contributed by atoms with Gasteiger partial charge in [-0.3, -0.25) is 5.10 Å². The van der Waals surface area contributed by atoms with E-state index in [9.17, 15) is 14.3 Å². The summed E-state index contributed by atoms with van der Waals surface area (Å²) in [5.41, 5.74) is 4.78. The molecule has 5 rings (SSSR count). The van der Waals surface area contributed by atoms with Gasteiger partial charge in [0.05, 0.1) is 18.9 Å². The third-order valence-electron chi connectivity index (χ3n) is 5.65. The summed E-state index contributed by atoms with van der Waals surface area (Å²) in [4.78, 5) is 21.9. The third kappa shape index (κ3) is 3.55. The topological polar surface area (TPSA) is 112 Å². The van der Waals surface area contributed by atoms with Crippen LogP contribution in [0.5, 0.6) is 0 Å². The molecule has 32 heavy (non-hydrogen) atoms. The molecule has 0 fully saturated rings. The molecule has 3 aromatic heterocycles. The van der Waals surface area contributed by atoms with Gasteiger partial charge in [0.1, 0.15) is 5.69 Å². The molecule has 3 N–H and O–H groups in total. The maximum atomic E-state index is 14.4. The lowest BCUT2D eigenvalue weighted by Crippen LogP contribution is -2.32. The number of nitrogens with zero attached hydrogens (tertiary/aromatic N) is 5. The summed E-state index contributed by atoms with van der Waals surface area (Å²) in [6.07, 6.45) is 5.34. The second kappa shape index (κ2) is 7.80. The van der Waals surface area contributed by atoms with Gasteiger partial charge in [-0.05, 0) is 35.7 Å².